The molecule has 0 radical (unpaired) electrons. The molecule has 0 bridgehead atoms. The fourth-order valence-electron chi connectivity index (χ4n) is 5.14. The average Bonchev–Trinajstić information content (AvgIpc) is 3.07. The Balaban J connectivity index is 1.82. The molecule has 0 heterocycles. The van der Waals surface area contributed by atoms with Crippen LogP contribution in [0.5, 0.6) is 5.75 Å². The molecule has 1 atom stereocenters. The van der Waals surface area contributed by atoms with Gasteiger partial charge < -0.3 is 15.0 Å². The van der Waals surface area contributed by atoms with Crippen molar-refractivity contribution in [1.29, 1.82) is 0 Å². The summed E-state index contributed by atoms with van der Waals surface area (Å²) in [6.07, 6.45) is 1.93. The molecule has 1 N–H and O–H groups in total. The van der Waals surface area contributed by atoms with Crippen LogP contribution in [0.2, 0.25) is 5.02 Å². The number of sulfonamides is 1. The maximum absolute atomic E-state index is 14.6. The van der Waals surface area contributed by atoms with Gasteiger partial charge in [0.1, 0.15) is 18.3 Å². The Bertz CT molecular complexity index is 1720. The van der Waals surface area contributed by atoms with Crippen molar-refractivity contribution in [2.45, 2.75) is 57.5 Å². The molecule has 4 rings (SSSR count). The molecule has 47 heavy (non-hydrogen) atoms. The Morgan fingerprint density at radius 1 is 0.851 bits per heavy atom. The molecule has 0 spiro atoms. The van der Waals surface area contributed by atoms with Gasteiger partial charge in [0, 0.05) is 24.5 Å². The molecule has 8 nitrogen and oxygen atoms in total. The van der Waals surface area contributed by atoms with Gasteiger partial charge in [-0.2, -0.15) is 0 Å². The SMILES string of the molecule is CCCCNC(=O)C(Cc1ccccc1)N(Cc1ccc(C)cc1)C(=O)CN(c1ccccc1OCC)S(=O)(=O)c1ccc(Cl)cc1. The zero-order valence-corrected chi connectivity index (χ0v) is 28.6. The predicted octanol–water partition coefficient (Wildman–Crippen LogP) is 6.80. The van der Waals surface area contributed by atoms with Crippen LogP contribution in [0.1, 0.15) is 43.4 Å². The third-order valence-electron chi connectivity index (χ3n) is 7.69. The van der Waals surface area contributed by atoms with Crippen molar-refractivity contribution >= 4 is 39.1 Å². The lowest BCUT2D eigenvalue weighted by Crippen LogP contribution is -2.53. The zero-order valence-electron chi connectivity index (χ0n) is 27.1. The summed E-state index contributed by atoms with van der Waals surface area (Å²) in [5, 5.41) is 3.39. The largest absolute Gasteiger partial charge is 0.492 e. The summed E-state index contributed by atoms with van der Waals surface area (Å²) < 4.78 is 35.5. The minimum atomic E-state index is -4.29. The van der Waals surface area contributed by atoms with Crippen molar-refractivity contribution in [2.75, 3.05) is 24.0 Å². The highest BCUT2D eigenvalue weighted by molar-refractivity contribution is 7.92. The minimum Gasteiger partial charge on any atom is -0.492 e. The van der Waals surface area contributed by atoms with E-state index in [1.807, 2.05) is 68.4 Å². The normalized spacial score (nSPS) is 11.8. The Kier molecular flexibility index (Phi) is 12.8. The first-order valence-corrected chi connectivity index (χ1v) is 17.6. The van der Waals surface area contributed by atoms with Gasteiger partial charge in [0.2, 0.25) is 11.8 Å². The smallest absolute Gasteiger partial charge is 0.264 e. The van der Waals surface area contributed by atoms with E-state index in [9.17, 15) is 18.0 Å². The van der Waals surface area contributed by atoms with Gasteiger partial charge in [-0.25, -0.2) is 8.42 Å². The van der Waals surface area contributed by atoms with E-state index in [2.05, 4.69) is 5.32 Å². The summed E-state index contributed by atoms with van der Waals surface area (Å²) >= 11 is 6.09. The van der Waals surface area contributed by atoms with Gasteiger partial charge in [-0.3, -0.25) is 13.9 Å². The van der Waals surface area contributed by atoms with Crippen LogP contribution in [-0.2, 0) is 32.6 Å². The molecule has 0 saturated carbocycles. The molecule has 0 aliphatic heterocycles. The first-order chi connectivity index (χ1) is 22.6. The van der Waals surface area contributed by atoms with Crippen LogP contribution in [0.3, 0.4) is 0 Å². The Morgan fingerprint density at radius 2 is 1.51 bits per heavy atom. The lowest BCUT2D eigenvalue weighted by Gasteiger charge is -2.34. The lowest BCUT2D eigenvalue weighted by molar-refractivity contribution is -0.140. The van der Waals surface area contributed by atoms with Crippen LogP contribution >= 0.6 is 11.6 Å². The molecule has 248 valence electrons. The molecule has 0 fully saturated rings. The highest BCUT2D eigenvalue weighted by atomic mass is 35.5. The van der Waals surface area contributed by atoms with Crippen LogP contribution in [0, 0.1) is 6.92 Å². The molecular weight excluding hydrogens is 634 g/mol. The number of hydrogen-bond acceptors (Lipinski definition) is 5. The van der Waals surface area contributed by atoms with Gasteiger partial charge >= 0.3 is 0 Å². The highest BCUT2D eigenvalue weighted by Crippen LogP contribution is 2.33. The minimum absolute atomic E-state index is 0.0377. The van der Waals surface area contributed by atoms with Crippen LogP contribution in [-0.4, -0.2) is 50.9 Å². The van der Waals surface area contributed by atoms with Gasteiger partial charge in [-0.15, -0.1) is 0 Å². The Morgan fingerprint density at radius 3 is 2.17 bits per heavy atom. The molecule has 10 heteroatoms. The number of amides is 2. The van der Waals surface area contributed by atoms with Gasteiger partial charge in [-0.05, 0) is 67.8 Å². The number of ether oxygens (including phenoxy) is 1. The van der Waals surface area contributed by atoms with Crippen molar-refractivity contribution in [1.82, 2.24) is 10.2 Å². The number of hydrogen-bond donors (Lipinski definition) is 1. The number of aryl methyl sites for hydroxylation is 1. The molecule has 0 aliphatic rings. The van der Waals surface area contributed by atoms with Crippen molar-refractivity contribution in [3.63, 3.8) is 0 Å². The van der Waals surface area contributed by atoms with Crippen molar-refractivity contribution < 1.29 is 22.7 Å². The summed E-state index contributed by atoms with van der Waals surface area (Å²) in [6, 6.07) is 28.8. The fourth-order valence-corrected chi connectivity index (χ4v) is 6.69. The molecule has 1 unspecified atom stereocenters. The second-order valence-corrected chi connectivity index (χ2v) is 13.5. The summed E-state index contributed by atoms with van der Waals surface area (Å²) in [4.78, 5) is 30.0. The molecule has 2 amide bonds. The molecule has 4 aromatic rings. The van der Waals surface area contributed by atoms with Crippen molar-refractivity contribution in [2.24, 2.45) is 0 Å². The second kappa shape index (κ2) is 17.0. The molecule has 4 aromatic carbocycles. The number of nitrogens with zero attached hydrogens (tertiary/aromatic N) is 2. The molecule has 0 aromatic heterocycles. The third-order valence-corrected chi connectivity index (χ3v) is 9.71. The van der Waals surface area contributed by atoms with E-state index in [0.29, 0.717) is 17.3 Å². The monoisotopic (exact) mass is 675 g/mol. The van der Waals surface area contributed by atoms with E-state index < -0.39 is 28.5 Å². The molecule has 0 saturated heterocycles. The summed E-state index contributed by atoms with van der Waals surface area (Å²) in [5.74, 6) is -0.533. The van der Waals surface area contributed by atoms with Gasteiger partial charge in [-0.1, -0.05) is 97.2 Å². The highest BCUT2D eigenvalue weighted by Gasteiger charge is 2.35. The lowest BCUT2D eigenvalue weighted by atomic mass is 10.0. The summed E-state index contributed by atoms with van der Waals surface area (Å²) in [6.45, 7) is 6.09. The summed E-state index contributed by atoms with van der Waals surface area (Å²) in [7, 11) is -4.29. The number of halogens is 1. The van der Waals surface area contributed by atoms with E-state index in [1.165, 1.54) is 29.2 Å². The second-order valence-electron chi connectivity index (χ2n) is 11.2. The standard InChI is InChI=1S/C37H42ClN3O5S/c1-4-6-24-39-37(43)34(25-29-12-8-7-9-13-29)40(26-30-18-16-28(3)17-19-30)36(42)27-41(33-14-10-11-15-35(33)46-5-2)47(44,45)32-22-20-31(38)21-23-32/h7-23,34H,4-6,24-27H2,1-3H3,(H,39,43). The zero-order chi connectivity index (χ0) is 33.8. The topological polar surface area (TPSA) is 96.0 Å². The van der Waals surface area contributed by atoms with E-state index >= 15 is 0 Å². The van der Waals surface area contributed by atoms with Gasteiger partial charge in [0.25, 0.3) is 10.0 Å². The first-order valence-electron chi connectivity index (χ1n) is 15.8. The van der Waals surface area contributed by atoms with Crippen LogP contribution in [0.4, 0.5) is 5.69 Å². The predicted molar refractivity (Wildman–Crippen MR) is 187 cm³/mol. The number of anilines is 1. The van der Waals surface area contributed by atoms with Crippen molar-refractivity contribution in [3.8, 4) is 5.75 Å². The number of para-hydroxylation sites is 2. The fraction of sp³-hybridized carbons (Fsp3) is 0.297. The van der Waals surface area contributed by atoms with Crippen LogP contribution < -0.4 is 14.4 Å². The van der Waals surface area contributed by atoms with E-state index in [0.717, 1.165) is 33.8 Å². The third kappa shape index (κ3) is 9.59. The number of nitrogens with one attached hydrogen (secondary N) is 1. The summed E-state index contributed by atoms with van der Waals surface area (Å²) in [5.41, 5.74) is 2.94. The number of rotatable bonds is 16. The van der Waals surface area contributed by atoms with Crippen molar-refractivity contribution in [3.05, 3.63) is 125 Å². The quantitative estimate of drug-likeness (QED) is 0.132. The number of carbonyl (C=O) groups is 2. The van der Waals surface area contributed by atoms with E-state index in [-0.39, 0.29) is 36.1 Å². The van der Waals surface area contributed by atoms with E-state index in [4.69, 9.17) is 16.3 Å². The number of benzene rings is 4. The maximum Gasteiger partial charge on any atom is 0.264 e. The number of unbranched alkanes of at least 4 members (excludes halogenated alkanes) is 1. The molecular formula is C37H42ClN3O5S. The Labute approximate surface area is 283 Å². The average molecular weight is 676 g/mol. The Hall–Kier alpha value is -4.34. The molecule has 0 aliphatic carbocycles. The number of carbonyl (C=O) groups excluding carboxylic acids is 2. The first kappa shape index (κ1) is 35.5. The van der Waals surface area contributed by atoms with Gasteiger partial charge in [0.05, 0.1) is 17.2 Å². The van der Waals surface area contributed by atoms with Gasteiger partial charge in [0.15, 0.2) is 0 Å². The van der Waals surface area contributed by atoms with Crippen LogP contribution in [0.15, 0.2) is 108 Å². The van der Waals surface area contributed by atoms with Crippen LogP contribution in [0.25, 0.3) is 0 Å². The maximum atomic E-state index is 14.6. The van der Waals surface area contributed by atoms with E-state index in [1.54, 1.807) is 31.2 Å².